The molecule has 0 aliphatic heterocycles. The van der Waals surface area contributed by atoms with Crippen LogP contribution in [0.3, 0.4) is 0 Å². The van der Waals surface area contributed by atoms with Crippen LogP contribution in [-0.4, -0.2) is 52.7 Å². The first kappa shape index (κ1) is 27.9. The van der Waals surface area contributed by atoms with Crippen molar-refractivity contribution in [1.29, 1.82) is 0 Å². The Kier molecular flexibility index (Phi) is 12.9. The molecule has 0 atom stereocenters. The normalized spacial score (nSPS) is 11.4. The summed E-state index contributed by atoms with van der Waals surface area (Å²) in [5.74, 6) is 0.347. The van der Waals surface area contributed by atoms with Gasteiger partial charge in [-0.1, -0.05) is 42.5 Å². The van der Waals surface area contributed by atoms with Crippen molar-refractivity contribution in [1.82, 2.24) is 20.7 Å². The maximum absolute atomic E-state index is 12.2. The molecule has 0 spiro atoms. The molecule has 0 radical (unpaired) electrons. The van der Waals surface area contributed by atoms with Crippen molar-refractivity contribution in [3.05, 3.63) is 71.3 Å². The van der Waals surface area contributed by atoms with Crippen molar-refractivity contribution >= 4 is 45.9 Å². The highest BCUT2D eigenvalue weighted by atomic mass is 127. The van der Waals surface area contributed by atoms with Crippen molar-refractivity contribution < 1.29 is 13.2 Å². The van der Waals surface area contributed by atoms with Crippen molar-refractivity contribution in [2.45, 2.75) is 19.9 Å². The van der Waals surface area contributed by atoms with Crippen molar-refractivity contribution in [2.75, 3.05) is 32.4 Å². The van der Waals surface area contributed by atoms with Crippen molar-refractivity contribution in [2.24, 2.45) is 4.99 Å². The Morgan fingerprint density at radius 1 is 1.00 bits per heavy atom. The van der Waals surface area contributed by atoms with E-state index in [-0.39, 0.29) is 48.7 Å². The quantitative estimate of drug-likeness (QED) is 0.187. The van der Waals surface area contributed by atoms with Gasteiger partial charge in [0, 0.05) is 32.2 Å². The minimum Gasteiger partial charge on any atom is -0.357 e. The zero-order valence-corrected chi connectivity index (χ0v) is 21.6. The lowest BCUT2D eigenvalue weighted by atomic mass is 10.1. The van der Waals surface area contributed by atoms with Gasteiger partial charge in [0.25, 0.3) is 5.91 Å². The molecule has 0 bridgehead atoms. The molecule has 0 fully saturated rings. The van der Waals surface area contributed by atoms with Gasteiger partial charge in [-0.25, -0.2) is 13.1 Å². The lowest BCUT2D eigenvalue weighted by molar-refractivity contribution is 0.0963. The second kappa shape index (κ2) is 14.8. The Hall–Kier alpha value is -2.18. The molecule has 32 heavy (non-hydrogen) atoms. The third kappa shape index (κ3) is 10.4. The molecule has 2 aromatic rings. The summed E-state index contributed by atoms with van der Waals surface area (Å²) in [6.45, 7) is 3.62. The summed E-state index contributed by atoms with van der Waals surface area (Å²) in [7, 11) is -1.82. The third-order valence-electron chi connectivity index (χ3n) is 4.44. The molecule has 0 saturated carbocycles. The summed E-state index contributed by atoms with van der Waals surface area (Å²) in [4.78, 5) is 16.1. The zero-order valence-electron chi connectivity index (χ0n) is 18.4. The number of nitrogens with one attached hydrogen (secondary N) is 4. The highest BCUT2D eigenvalue weighted by Crippen LogP contribution is 2.05. The topological polar surface area (TPSA) is 112 Å². The Morgan fingerprint density at radius 3 is 2.41 bits per heavy atom. The molecule has 10 heteroatoms. The number of halogens is 1. The van der Waals surface area contributed by atoms with Gasteiger partial charge in [0.05, 0.1) is 12.3 Å². The van der Waals surface area contributed by atoms with Crippen LogP contribution in [0.1, 0.15) is 28.4 Å². The molecule has 0 aromatic heterocycles. The van der Waals surface area contributed by atoms with Crippen LogP contribution in [0.2, 0.25) is 0 Å². The number of guanidine groups is 1. The molecule has 0 aliphatic carbocycles. The summed E-state index contributed by atoms with van der Waals surface area (Å²) in [5.41, 5.74) is 2.55. The molecule has 0 saturated heterocycles. The molecule has 0 heterocycles. The lowest BCUT2D eigenvalue weighted by Crippen LogP contribution is -2.39. The Bertz CT molecular complexity index is 969. The number of carbonyl (C=O) groups is 1. The van der Waals surface area contributed by atoms with Crippen LogP contribution in [0.15, 0.2) is 59.6 Å². The molecular formula is C22H32IN5O3S. The number of rotatable bonds is 11. The minimum atomic E-state index is -3.42. The average molecular weight is 574 g/mol. The van der Waals surface area contributed by atoms with Crippen LogP contribution in [0.5, 0.6) is 0 Å². The lowest BCUT2D eigenvalue weighted by Gasteiger charge is -2.12. The summed E-state index contributed by atoms with van der Waals surface area (Å²) in [6.07, 6.45) is 0.701. The van der Waals surface area contributed by atoms with Crippen LogP contribution in [-0.2, 0) is 23.0 Å². The fraction of sp³-hybridized carbons (Fsp3) is 0.364. The monoisotopic (exact) mass is 573 g/mol. The molecule has 176 valence electrons. The van der Waals surface area contributed by atoms with E-state index in [1.165, 1.54) is 0 Å². The van der Waals surface area contributed by atoms with E-state index in [0.717, 1.165) is 11.1 Å². The number of aliphatic imine (C=N–C) groups is 1. The van der Waals surface area contributed by atoms with Gasteiger partial charge in [-0.3, -0.25) is 9.79 Å². The van der Waals surface area contributed by atoms with E-state index >= 15 is 0 Å². The van der Waals surface area contributed by atoms with Crippen LogP contribution in [0.25, 0.3) is 0 Å². The zero-order chi connectivity index (χ0) is 22.5. The second-order valence-electron chi connectivity index (χ2n) is 6.84. The van der Waals surface area contributed by atoms with Gasteiger partial charge < -0.3 is 16.0 Å². The van der Waals surface area contributed by atoms with E-state index in [2.05, 4.69) is 25.7 Å². The summed E-state index contributed by atoms with van der Waals surface area (Å²) in [5, 5.41) is 8.93. The molecule has 1 amide bonds. The molecule has 2 aromatic carbocycles. The number of carbonyl (C=O) groups excluding carboxylic acids is 1. The number of amides is 1. The second-order valence-corrected chi connectivity index (χ2v) is 8.77. The maximum atomic E-state index is 12.2. The SMILES string of the molecule is CCNC(=NCCS(=O)(=O)NCc1ccccc1)NCCc1cccc(C(=O)NC)c1.I. The number of benzene rings is 2. The van der Waals surface area contributed by atoms with Crippen LogP contribution in [0, 0.1) is 0 Å². The Labute approximate surface area is 207 Å². The van der Waals surface area contributed by atoms with Crippen LogP contribution < -0.4 is 20.7 Å². The molecule has 8 nitrogen and oxygen atoms in total. The van der Waals surface area contributed by atoms with Crippen LogP contribution >= 0.6 is 24.0 Å². The van der Waals surface area contributed by atoms with E-state index < -0.39 is 10.0 Å². The molecule has 0 aliphatic rings. The van der Waals surface area contributed by atoms with E-state index in [1.54, 1.807) is 13.1 Å². The van der Waals surface area contributed by atoms with E-state index in [1.807, 2.05) is 55.5 Å². The first-order valence-corrected chi connectivity index (χ1v) is 11.9. The first-order chi connectivity index (χ1) is 14.9. The number of hydrogen-bond acceptors (Lipinski definition) is 4. The average Bonchev–Trinajstić information content (AvgIpc) is 2.78. The standard InChI is InChI=1S/C22H31N5O3S.HI/c1-3-24-22(25-13-12-18-10-7-11-20(16-18)21(28)23-2)26-14-15-31(29,30)27-17-19-8-5-4-6-9-19;/h4-11,16,27H,3,12-15,17H2,1-2H3,(H,23,28)(H2,24,25,26);1H. The largest absolute Gasteiger partial charge is 0.357 e. The van der Waals surface area contributed by atoms with E-state index in [9.17, 15) is 13.2 Å². The Morgan fingerprint density at radius 2 is 1.72 bits per heavy atom. The highest BCUT2D eigenvalue weighted by molar-refractivity contribution is 14.0. The predicted octanol–water partition coefficient (Wildman–Crippen LogP) is 1.88. The van der Waals surface area contributed by atoms with Gasteiger partial charge in [-0.05, 0) is 36.6 Å². The molecular weight excluding hydrogens is 541 g/mol. The van der Waals surface area contributed by atoms with Crippen LogP contribution in [0.4, 0.5) is 0 Å². The van der Waals surface area contributed by atoms with E-state index in [4.69, 9.17) is 0 Å². The minimum absolute atomic E-state index is 0. The summed E-state index contributed by atoms with van der Waals surface area (Å²) < 4.78 is 27.0. The fourth-order valence-corrected chi connectivity index (χ4v) is 3.68. The van der Waals surface area contributed by atoms with Gasteiger partial charge >= 0.3 is 0 Å². The fourth-order valence-electron chi connectivity index (χ4n) is 2.82. The predicted molar refractivity (Wildman–Crippen MR) is 140 cm³/mol. The maximum Gasteiger partial charge on any atom is 0.251 e. The smallest absolute Gasteiger partial charge is 0.251 e. The third-order valence-corrected chi connectivity index (χ3v) is 5.74. The highest BCUT2D eigenvalue weighted by Gasteiger charge is 2.10. The Balaban J connectivity index is 0.00000512. The van der Waals surface area contributed by atoms with E-state index in [0.29, 0.717) is 31.0 Å². The number of nitrogens with zero attached hydrogens (tertiary/aromatic N) is 1. The van der Waals surface area contributed by atoms with Gasteiger partial charge in [-0.15, -0.1) is 24.0 Å². The van der Waals surface area contributed by atoms with Gasteiger partial charge in [0.1, 0.15) is 0 Å². The van der Waals surface area contributed by atoms with Crippen molar-refractivity contribution in [3.8, 4) is 0 Å². The van der Waals surface area contributed by atoms with Gasteiger partial charge in [-0.2, -0.15) is 0 Å². The summed E-state index contributed by atoms with van der Waals surface area (Å²) in [6, 6.07) is 16.8. The summed E-state index contributed by atoms with van der Waals surface area (Å²) >= 11 is 0. The van der Waals surface area contributed by atoms with Gasteiger partial charge in [0.15, 0.2) is 5.96 Å². The molecule has 0 unspecified atom stereocenters. The number of sulfonamides is 1. The van der Waals surface area contributed by atoms with Crippen molar-refractivity contribution in [3.63, 3.8) is 0 Å². The first-order valence-electron chi connectivity index (χ1n) is 10.3. The number of hydrogen-bond donors (Lipinski definition) is 4. The molecule has 2 rings (SSSR count). The van der Waals surface area contributed by atoms with Gasteiger partial charge in [0.2, 0.25) is 10.0 Å². The molecule has 4 N–H and O–H groups in total.